The molecule has 6 aromatic heterocycles. The van der Waals surface area contributed by atoms with E-state index in [2.05, 4.69) is 160 Å². The average Bonchev–Trinajstić information content (AvgIpc) is 4.01. The molecule has 0 aliphatic rings. The number of fused-ring (bicyclic) bond motifs is 9. The number of aromatic nitrogens is 6. The zero-order valence-corrected chi connectivity index (χ0v) is 33.7. The van der Waals surface area contributed by atoms with Crippen LogP contribution in [0.5, 0.6) is 0 Å². The van der Waals surface area contributed by atoms with Gasteiger partial charge in [0.25, 0.3) is 0 Å². The Morgan fingerprint density at radius 3 is 1.87 bits per heavy atom. The van der Waals surface area contributed by atoms with Crippen molar-refractivity contribution in [2.45, 2.75) is 0 Å². The molecule has 0 bridgehead atoms. The van der Waals surface area contributed by atoms with Gasteiger partial charge in [-0.2, -0.15) is 0 Å². The van der Waals surface area contributed by atoms with E-state index in [4.69, 9.17) is 19.4 Å². The molecule has 13 rings (SSSR count). The standard InChI is InChI=1S/C56H34N6O/c1-3-12-35(13-4-1)47-32-54(60-56(59-47)36-14-5-2-6-15-36)62-49-19-10-7-16-42(49)44-24-21-39(31-51(44)62)37-22-25-50-45(29-37)43-17-8-9-18-48(43)61(50)41-28-40(33-57-34-41)38-23-26-52-46(30-38)55-53(63-52)20-11-27-58-55/h1-34H. The molecule has 294 valence electrons. The number of hydrogen-bond donors (Lipinski definition) is 0. The molecule has 0 atom stereocenters. The summed E-state index contributed by atoms with van der Waals surface area (Å²) in [6, 6.07) is 65.9. The van der Waals surface area contributed by atoms with Crippen molar-refractivity contribution >= 4 is 65.7 Å². The van der Waals surface area contributed by atoms with Crippen molar-refractivity contribution in [1.29, 1.82) is 0 Å². The Morgan fingerprint density at radius 1 is 0.381 bits per heavy atom. The summed E-state index contributed by atoms with van der Waals surface area (Å²) in [5, 5.41) is 5.67. The summed E-state index contributed by atoms with van der Waals surface area (Å²) < 4.78 is 10.7. The molecule has 0 saturated carbocycles. The van der Waals surface area contributed by atoms with Crippen LogP contribution in [0.15, 0.2) is 211 Å². The molecule has 6 heterocycles. The van der Waals surface area contributed by atoms with E-state index in [1.807, 2.05) is 54.9 Å². The van der Waals surface area contributed by atoms with E-state index in [0.29, 0.717) is 5.82 Å². The lowest BCUT2D eigenvalue weighted by Crippen LogP contribution is -2.02. The fourth-order valence-electron chi connectivity index (χ4n) is 9.33. The van der Waals surface area contributed by atoms with Crippen LogP contribution >= 0.6 is 0 Å². The Kier molecular flexibility index (Phi) is 7.77. The van der Waals surface area contributed by atoms with Gasteiger partial charge in [-0.15, -0.1) is 0 Å². The molecule has 0 aliphatic heterocycles. The van der Waals surface area contributed by atoms with Crippen LogP contribution < -0.4 is 0 Å². The highest BCUT2D eigenvalue weighted by Gasteiger charge is 2.19. The summed E-state index contributed by atoms with van der Waals surface area (Å²) in [7, 11) is 0. The maximum Gasteiger partial charge on any atom is 0.162 e. The molecular weight excluding hydrogens is 773 g/mol. The Labute approximate surface area is 360 Å². The molecule has 0 N–H and O–H groups in total. The summed E-state index contributed by atoms with van der Waals surface area (Å²) >= 11 is 0. The van der Waals surface area contributed by atoms with Gasteiger partial charge in [0.05, 0.1) is 39.6 Å². The first-order valence-electron chi connectivity index (χ1n) is 21.0. The molecule has 7 nitrogen and oxygen atoms in total. The molecule has 0 saturated heterocycles. The lowest BCUT2D eigenvalue weighted by molar-refractivity contribution is 0.668. The number of hydrogen-bond acceptors (Lipinski definition) is 5. The molecule has 0 aliphatic carbocycles. The van der Waals surface area contributed by atoms with Crippen molar-refractivity contribution in [2.75, 3.05) is 0 Å². The Morgan fingerprint density at radius 2 is 1.03 bits per heavy atom. The van der Waals surface area contributed by atoms with Crippen molar-refractivity contribution in [3.05, 3.63) is 207 Å². The van der Waals surface area contributed by atoms with Gasteiger partial charge < -0.3 is 8.98 Å². The van der Waals surface area contributed by atoms with Crippen LogP contribution in [0.3, 0.4) is 0 Å². The van der Waals surface area contributed by atoms with Crippen LogP contribution in [0.4, 0.5) is 0 Å². The second-order valence-electron chi connectivity index (χ2n) is 15.9. The first-order chi connectivity index (χ1) is 31.2. The van der Waals surface area contributed by atoms with Crippen molar-refractivity contribution in [3.8, 4) is 56.4 Å². The van der Waals surface area contributed by atoms with Crippen LogP contribution in [-0.2, 0) is 0 Å². The second-order valence-corrected chi connectivity index (χ2v) is 15.9. The molecule has 7 aromatic carbocycles. The molecule has 0 fully saturated rings. The van der Waals surface area contributed by atoms with Crippen LogP contribution in [0.25, 0.3) is 122 Å². The predicted octanol–water partition coefficient (Wildman–Crippen LogP) is 14.0. The van der Waals surface area contributed by atoms with Crippen LogP contribution in [-0.4, -0.2) is 29.1 Å². The molecule has 7 heteroatoms. The Bertz CT molecular complexity index is 3860. The minimum absolute atomic E-state index is 0.682. The zero-order valence-electron chi connectivity index (χ0n) is 33.7. The van der Waals surface area contributed by atoms with Gasteiger partial charge in [0.2, 0.25) is 0 Å². The summed E-state index contributed by atoms with van der Waals surface area (Å²) in [6.45, 7) is 0. The Balaban J connectivity index is 0.961. The van der Waals surface area contributed by atoms with Crippen molar-refractivity contribution in [3.63, 3.8) is 0 Å². The largest absolute Gasteiger partial charge is 0.454 e. The second kappa shape index (κ2) is 13.9. The van der Waals surface area contributed by atoms with Crippen molar-refractivity contribution in [2.24, 2.45) is 0 Å². The molecule has 63 heavy (non-hydrogen) atoms. The van der Waals surface area contributed by atoms with Crippen LogP contribution in [0.2, 0.25) is 0 Å². The highest BCUT2D eigenvalue weighted by atomic mass is 16.3. The van der Waals surface area contributed by atoms with Gasteiger partial charge >= 0.3 is 0 Å². The fourth-order valence-corrected chi connectivity index (χ4v) is 9.33. The van der Waals surface area contributed by atoms with Crippen LogP contribution in [0.1, 0.15) is 0 Å². The molecule has 13 aromatic rings. The third-order valence-electron chi connectivity index (χ3n) is 12.3. The van der Waals surface area contributed by atoms with Gasteiger partial charge in [0.15, 0.2) is 11.4 Å². The van der Waals surface area contributed by atoms with Gasteiger partial charge in [0.1, 0.15) is 16.9 Å². The average molecular weight is 807 g/mol. The van der Waals surface area contributed by atoms with Crippen LogP contribution in [0, 0.1) is 0 Å². The molecule has 0 amide bonds. The van der Waals surface area contributed by atoms with E-state index < -0.39 is 0 Å². The smallest absolute Gasteiger partial charge is 0.162 e. The monoisotopic (exact) mass is 806 g/mol. The Hall–Kier alpha value is -8.68. The number of para-hydroxylation sites is 2. The number of pyridine rings is 2. The third-order valence-corrected chi connectivity index (χ3v) is 12.3. The number of rotatable bonds is 6. The van der Waals surface area contributed by atoms with E-state index in [9.17, 15) is 0 Å². The van der Waals surface area contributed by atoms with Gasteiger partial charge in [0, 0.05) is 62.1 Å². The first kappa shape index (κ1) is 35.1. The van der Waals surface area contributed by atoms with E-state index in [1.54, 1.807) is 6.20 Å². The number of furan rings is 1. The third kappa shape index (κ3) is 5.67. The lowest BCUT2D eigenvalue weighted by atomic mass is 10.0. The quantitative estimate of drug-likeness (QED) is 0.167. The highest BCUT2D eigenvalue weighted by Crippen LogP contribution is 2.39. The van der Waals surface area contributed by atoms with E-state index in [0.717, 1.165) is 100 Å². The van der Waals surface area contributed by atoms with Gasteiger partial charge in [-0.1, -0.05) is 121 Å². The van der Waals surface area contributed by atoms with Crippen molar-refractivity contribution in [1.82, 2.24) is 29.1 Å². The van der Waals surface area contributed by atoms with E-state index in [1.165, 1.54) is 16.2 Å². The first-order valence-corrected chi connectivity index (χ1v) is 21.0. The predicted molar refractivity (Wildman–Crippen MR) is 255 cm³/mol. The van der Waals surface area contributed by atoms with Gasteiger partial charge in [-0.05, 0) is 77.4 Å². The van der Waals surface area contributed by atoms with Crippen molar-refractivity contribution < 1.29 is 4.42 Å². The molecular formula is C56H34N6O. The maximum atomic E-state index is 6.08. The minimum Gasteiger partial charge on any atom is -0.454 e. The topological polar surface area (TPSA) is 74.6 Å². The number of benzene rings is 7. The van der Waals surface area contributed by atoms with E-state index >= 15 is 0 Å². The molecule has 0 spiro atoms. The normalized spacial score (nSPS) is 11.8. The van der Waals surface area contributed by atoms with Gasteiger partial charge in [-0.25, -0.2) is 9.97 Å². The molecule has 0 unspecified atom stereocenters. The minimum atomic E-state index is 0.682. The molecule has 0 radical (unpaired) electrons. The number of nitrogens with zero attached hydrogens (tertiary/aromatic N) is 6. The zero-order chi connectivity index (χ0) is 41.4. The summed E-state index contributed by atoms with van der Waals surface area (Å²) in [5.41, 5.74) is 15.0. The summed E-state index contributed by atoms with van der Waals surface area (Å²) in [6.07, 6.45) is 5.68. The lowest BCUT2D eigenvalue weighted by Gasteiger charge is -2.13. The van der Waals surface area contributed by atoms with Gasteiger partial charge in [-0.3, -0.25) is 14.5 Å². The summed E-state index contributed by atoms with van der Waals surface area (Å²) in [4.78, 5) is 19.7. The highest BCUT2D eigenvalue weighted by molar-refractivity contribution is 6.12. The maximum absolute atomic E-state index is 6.08. The SMILES string of the molecule is c1ccc(-c2cc(-n3c4ccccc4c4ccc(-c5ccc6c(c5)c5ccccc5n6-c5cncc(-c6ccc7oc8cccnc8c7c6)c5)cc43)nc(-c3ccccc3)n2)cc1. The summed E-state index contributed by atoms with van der Waals surface area (Å²) in [5.74, 6) is 1.50. The fraction of sp³-hybridized carbons (Fsp3) is 0. The van der Waals surface area contributed by atoms with E-state index in [-0.39, 0.29) is 0 Å².